The van der Waals surface area contributed by atoms with Crippen LogP contribution in [0.25, 0.3) is 0 Å². The van der Waals surface area contributed by atoms with Crippen molar-refractivity contribution in [1.82, 2.24) is 5.32 Å². The minimum absolute atomic E-state index is 0.0929. The Morgan fingerprint density at radius 1 is 1.00 bits per heavy atom. The molecule has 0 radical (unpaired) electrons. The van der Waals surface area contributed by atoms with Crippen molar-refractivity contribution in [2.45, 2.75) is 38.9 Å². The summed E-state index contributed by atoms with van der Waals surface area (Å²) in [6, 6.07) is 0. The summed E-state index contributed by atoms with van der Waals surface area (Å²) in [5.74, 6) is -1.02. The Bertz CT molecular complexity index is 356. The van der Waals surface area contributed by atoms with Gasteiger partial charge in [0.1, 0.15) is 12.2 Å². The molecule has 1 amide bonds. The lowest BCUT2D eigenvalue weighted by atomic mass is 10.2. The van der Waals surface area contributed by atoms with E-state index in [4.69, 9.17) is 24.1 Å². The van der Waals surface area contributed by atoms with Crippen molar-refractivity contribution >= 4 is 12.1 Å². The van der Waals surface area contributed by atoms with E-state index < -0.39 is 23.8 Å². The Morgan fingerprint density at radius 3 is 2.08 bits per heavy atom. The van der Waals surface area contributed by atoms with Crippen LogP contribution in [0.2, 0.25) is 0 Å². The van der Waals surface area contributed by atoms with E-state index in [-0.39, 0.29) is 19.8 Å². The van der Waals surface area contributed by atoms with Gasteiger partial charge in [-0.05, 0) is 27.2 Å². The molecule has 0 saturated carbocycles. The van der Waals surface area contributed by atoms with Crippen LogP contribution in [0, 0.1) is 0 Å². The van der Waals surface area contributed by atoms with Gasteiger partial charge in [0.05, 0.1) is 32.5 Å². The zero-order chi connectivity index (χ0) is 18.4. The zero-order valence-corrected chi connectivity index (χ0v) is 14.6. The second kappa shape index (κ2) is 12.9. The SMILES string of the molecule is CC(C)(C)OC(=O)NCC(O)CCOCCOCCOCC(=O)O. The van der Waals surface area contributed by atoms with E-state index >= 15 is 0 Å². The molecular formula is C15H29NO8. The maximum Gasteiger partial charge on any atom is 0.407 e. The van der Waals surface area contributed by atoms with Gasteiger partial charge in [-0.15, -0.1) is 0 Å². The minimum atomic E-state index is -1.02. The Kier molecular flexibility index (Phi) is 12.2. The summed E-state index contributed by atoms with van der Waals surface area (Å²) >= 11 is 0. The molecule has 0 fully saturated rings. The van der Waals surface area contributed by atoms with Gasteiger partial charge in [0, 0.05) is 13.2 Å². The maximum atomic E-state index is 11.4. The number of carbonyl (C=O) groups excluding carboxylic acids is 1. The summed E-state index contributed by atoms with van der Waals surface area (Å²) in [7, 11) is 0. The first-order chi connectivity index (χ1) is 11.2. The van der Waals surface area contributed by atoms with Gasteiger partial charge in [-0.2, -0.15) is 0 Å². The van der Waals surface area contributed by atoms with E-state index in [1.165, 1.54) is 0 Å². The van der Waals surface area contributed by atoms with Crippen LogP contribution in [0.1, 0.15) is 27.2 Å². The highest BCUT2D eigenvalue weighted by Gasteiger charge is 2.16. The van der Waals surface area contributed by atoms with Crippen molar-refractivity contribution in [2.75, 3.05) is 46.2 Å². The highest BCUT2D eigenvalue weighted by Crippen LogP contribution is 2.06. The molecule has 142 valence electrons. The monoisotopic (exact) mass is 351 g/mol. The quantitative estimate of drug-likeness (QED) is 0.407. The Hall–Kier alpha value is -1.42. The number of amides is 1. The topological polar surface area (TPSA) is 124 Å². The zero-order valence-electron chi connectivity index (χ0n) is 14.6. The first-order valence-electron chi connectivity index (χ1n) is 7.80. The molecule has 0 aliphatic heterocycles. The number of aliphatic hydroxyl groups excluding tert-OH is 1. The fourth-order valence-corrected chi connectivity index (χ4v) is 1.44. The Morgan fingerprint density at radius 2 is 1.54 bits per heavy atom. The van der Waals surface area contributed by atoms with E-state index in [0.717, 1.165) is 0 Å². The van der Waals surface area contributed by atoms with Gasteiger partial charge in [-0.25, -0.2) is 9.59 Å². The Balaban J connectivity index is 3.39. The molecule has 3 N–H and O–H groups in total. The molecule has 1 atom stereocenters. The summed E-state index contributed by atoms with van der Waals surface area (Å²) in [4.78, 5) is 21.6. The average Bonchev–Trinajstić information content (AvgIpc) is 2.45. The van der Waals surface area contributed by atoms with Crippen molar-refractivity contribution < 1.29 is 38.7 Å². The number of aliphatic hydroxyl groups is 1. The van der Waals surface area contributed by atoms with Crippen molar-refractivity contribution in [3.05, 3.63) is 0 Å². The third-order valence-electron chi connectivity index (χ3n) is 2.45. The van der Waals surface area contributed by atoms with Gasteiger partial charge in [-0.3, -0.25) is 0 Å². The van der Waals surface area contributed by atoms with Gasteiger partial charge in [0.2, 0.25) is 0 Å². The molecule has 0 heterocycles. The smallest absolute Gasteiger partial charge is 0.407 e. The highest BCUT2D eigenvalue weighted by molar-refractivity contribution is 5.68. The van der Waals surface area contributed by atoms with Gasteiger partial charge in [0.15, 0.2) is 0 Å². The number of hydrogen-bond acceptors (Lipinski definition) is 7. The van der Waals surface area contributed by atoms with E-state index in [1.54, 1.807) is 20.8 Å². The molecular weight excluding hydrogens is 322 g/mol. The van der Waals surface area contributed by atoms with Gasteiger partial charge >= 0.3 is 12.1 Å². The summed E-state index contributed by atoms with van der Waals surface area (Å²) in [6.07, 6.45) is -0.916. The molecule has 0 bridgehead atoms. The molecule has 0 aromatic carbocycles. The van der Waals surface area contributed by atoms with Crippen LogP contribution >= 0.6 is 0 Å². The van der Waals surface area contributed by atoms with Crippen LogP contribution in [-0.2, 0) is 23.7 Å². The van der Waals surface area contributed by atoms with Crippen LogP contribution in [0.15, 0.2) is 0 Å². The number of ether oxygens (including phenoxy) is 4. The molecule has 0 aromatic rings. The van der Waals surface area contributed by atoms with E-state index in [9.17, 15) is 14.7 Å². The lowest BCUT2D eigenvalue weighted by Gasteiger charge is -2.20. The number of hydrogen-bond donors (Lipinski definition) is 3. The predicted molar refractivity (Wildman–Crippen MR) is 85.0 cm³/mol. The lowest BCUT2D eigenvalue weighted by molar-refractivity contribution is -0.142. The summed E-state index contributed by atoms with van der Waals surface area (Å²) < 4.78 is 20.3. The molecule has 9 nitrogen and oxygen atoms in total. The molecule has 0 aromatic heterocycles. The molecule has 0 aliphatic carbocycles. The van der Waals surface area contributed by atoms with Crippen molar-refractivity contribution in [3.63, 3.8) is 0 Å². The molecule has 0 saturated heterocycles. The third-order valence-corrected chi connectivity index (χ3v) is 2.45. The van der Waals surface area contributed by atoms with Crippen molar-refractivity contribution in [3.8, 4) is 0 Å². The van der Waals surface area contributed by atoms with Crippen molar-refractivity contribution in [1.29, 1.82) is 0 Å². The summed E-state index contributed by atoms with van der Waals surface area (Å²) in [6.45, 7) is 6.57. The summed E-state index contributed by atoms with van der Waals surface area (Å²) in [5, 5.41) is 20.5. The number of carboxylic acids is 1. The number of alkyl carbamates (subject to hydrolysis) is 1. The number of carboxylic acid groups (broad SMARTS) is 1. The van der Waals surface area contributed by atoms with Crippen LogP contribution in [-0.4, -0.2) is 80.2 Å². The molecule has 9 heteroatoms. The largest absolute Gasteiger partial charge is 0.480 e. The molecule has 0 spiro atoms. The minimum Gasteiger partial charge on any atom is -0.480 e. The van der Waals surface area contributed by atoms with Gasteiger partial charge in [0.25, 0.3) is 0 Å². The third kappa shape index (κ3) is 16.9. The van der Waals surface area contributed by atoms with Crippen LogP contribution in [0.3, 0.4) is 0 Å². The first-order valence-corrected chi connectivity index (χ1v) is 7.80. The van der Waals surface area contributed by atoms with Crippen LogP contribution in [0.4, 0.5) is 4.79 Å². The number of nitrogens with one attached hydrogen (secondary N) is 1. The highest BCUT2D eigenvalue weighted by atomic mass is 16.6. The summed E-state index contributed by atoms with van der Waals surface area (Å²) in [5.41, 5.74) is -0.573. The molecule has 0 aliphatic rings. The first kappa shape index (κ1) is 22.6. The predicted octanol–water partition coefficient (Wildman–Crippen LogP) is 0.397. The number of aliphatic carboxylic acids is 1. The van der Waals surface area contributed by atoms with Gasteiger partial charge in [-0.1, -0.05) is 0 Å². The van der Waals surface area contributed by atoms with Crippen LogP contribution < -0.4 is 5.32 Å². The van der Waals surface area contributed by atoms with Gasteiger partial charge < -0.3 is 34.5 Å². The van der Waals surface area contributed by atoms with E-state index in [1.807, 2.05) is 0 Å². The van der Waals surface area contributed by atoms with E-state index in [2.05, 4.69) is 5.32 Å². The van der Waals surface area contributed by atoms with E-state index in [0.29, 0.717) is 32.8 Å². The fraction of sp³-hybridized carbons (Fsp3) is 0.867. The standard InChI is InChI=1S/C15H29NO8/c1-15(2,3)24-14(20)16-10-12(17)4-5-21-6-7-22-8-9-23-11-13(18)19/h12,17H,4-11H2,1-3H3,(H,16,20)(H,18,19). The number of rotatable bonds is 13. The van der Waals surface area contributed by atoms with Crippen LogP contribution in [0.5, 0.6) is 0 Å². The Labute approximate surface area is 142 Å². The second-order valence-electron chi connectivity index (χ2n) is 6.00. The second-order valence-corrected chi connectivity index (χ2v) is 6.00. The lowest BCUT2D eigenvalue weighted by Crippen LogP contribution is -2.37. The fourth-order valence-electron chi connectivity index (χ4n) is 1.44. The molecule has 24 heavy (non-hydrogen) atoms. The number of carbonyl (C=O) groups is 2. The van der Waals surface area contributed by atoms with Crippen molar-refractivity contribution in [2.24, 2.45) is 0 Å². The maximum absolute atomic E-state index is 11.4. The normalized spacial score (nSPS) is 12.7. The molecule has 0 rings (SSSR count). The average molecular weight is 351 g/mol. The molecule has 1 unspecified atom stereocenters.